The van der Waals surface area contributed by atoms with Crippen LogP contribution in [0.4, 0.5) is 0 Å². The predicted octanol–water partition coefficient (Wildman–Crippen LogP) is 3.66. The van der Waals surface area contributed by atoms with Crippen molar-refractivity contribution in [2.24, 2.45) is 0 Å². The molecule has 134 valence electrons. The minimum Gasteiger partial charge on any atom is -0.504 e. The highest BCUT2D eigenvalue weighted by Gasteiger charge is 2.05. The minimum absolute atomic E-state index is 0.0230. The summed E-state index contributed by atoms with van der Waals surface area (Å²) in [6.45, 7) is 0. The molecular formula is C21H20O5. The van der Waals surface area contributed by atoms with Gasteiger partial charge in [-0.1, -0.05) is 30.4 Å². The quantitative estimate of drug-likeness (QED) is 0.580. The first-order chi connectivity index (χ1) is 12.5. The number of aromatic hydroxyl groups is 1. The van der Waals surface area contributed by atoms with E-state index in [1.54, 1.807) is 43.5 Å². The molecule has 0 saturated heterocycles. The lowest BCUT2D eigenvalue weighted by molar-refractivity contribution is -0.121. The fraction of sp³-hybridized carbons (Fsp3) is 0.143. The molecular weight excluding hydrogens is 332 g/mol. The van der Waals surface area contributed by atoms with E-state index in [0.717, 1.165) is 11.3 Å². The number of hydrogen-bond donors (Lipinski definition) is 1. The minimum atomic E-state index is -0.304. The highest BCUT2D eigenvalue weighted by atomic mass is 16.5. The van der Waals surface area contributed by atoms with E-state index in [1.165, 1.54) is 25.3 Å². The normalized spacial score (nSPS) is 11.0. The molecule has 0 spiro atoms. The first-order valence-electron chi connectivity index (χ1n) is 7.94. The van der Waals surface area contributed by atoms with E-state index in [-0.39, 0.29) is 23.7 Å². The highest BCUT2D eigenvalue weighted by Crippen LogP contribution is 2.26. The van der Waals surface area contributed by atoms with E-state index in [0.29, 0.717) is 11.3 Å². The van der Waals surface area contributed by atoms with Crippen LogP contribution in [-0.4, -0.2) is 30.9 Å². The molecule has 0 unspecified atom stereocenters. The van der Waals surface area contributed by atoms with Gasteiger partial charge >= 0.3 is 0 Å². The van der Waals surface area contributed by atoms with Crippen LogP contribution in [0.5, 0.6) is 17.2 Å². The molecule has 0 bridgehead atoms. The molecule has 0 saturated carbocycles. The van der Waals surface area contributed by atoms with Gasteiger partial charge in [-0.05, 0) is 47.5 Å². The Morgan fingerprint density at radius 1 is 0.885 bits per heavy atom. The average Bonchev–Trinajstić information content (AvgIpc) is 2.66. The van der Waals surface area contributed by atoms with Crippen LogP contribution in [-0.2, 0) is 9.59 Å². The summed E-state index contributed by atoms with van der Waals surface area (Å²) >= 11 is 0. The number of ketones is 2. The molecule has 0 aliphatic carbocycles. The summed E-state index contributed by atoms with van der Waals surface area (Å²) in [7, 11) is 3.03. The summed E-state index contributed by atoms with van der Waals surface area (Å²) < 4.78 is 10.1. The van der Waals surface area contributed by atoms with E-state index in [4.69, 9.17) is 9.47 Å². The smallest absolute Gasteiger partial charge is 0.163 e. The van der Waals surface area contributed by atoms with E-state index >= 15 is 0 Å². The standard InChI is InChI=1S/C21H20O5/c1-25-19-10-5-15(6-11-19)3-8-17(22)14-18(23)9-4-16-7-12-20(24)21(13-16)26-2/h3-13,24H,14H2,1-2H3/b8-3+,9-4+. The van der Waals surface area contributed by atoms with Crippen LogP contribution < -0.4 is 9.47 Å². The third-order valence-electron chi connectivity index (χ3n) is 3.59. The van der Waals surface area contributed by atoms with E-state index in [1.807, 2.05) is 12.1 Å². The number of phenolic OH excluding ortho intramolecular Hbond substituents is 1. The molecule has 26 heavy (non-hydrogen) atoms. The van der Waals surface area contributed by atoms with Gasteiger partial charge in [0.2, 0.25) is 0 Å². The van der Waals surface area contributed by atoms with Crippen molar-refractivity contribution in [3.8, 4) is 17.2 Å². The molecule has 5 nitrogen and oxygen atoms in total. The fourth-order valence-corrected chi connectivity index (χ4v) is 2.18. The molecule has 0 amide bonds. The van der Waals surface area contributed by atoms with Crippen LogP contribution in [0.25, 0.3) is 12.2 Å². The first kappa shape index (κ1) is 19.0. The zero-order valence-corrected chi connectivity index (χ0v) is 14.6. The van der Waals surface area contributed by atoms with Crippen molar-refractivity contribution in [1.29, 1.82) is 0 Å². The monoisotopic (exact) mass is 352 g/mol. The fourth-order valence-electron chi connectivity index (χ4n) is 2.18. The van der Waals surface area contributed by atoms with Crippen LogP contribution in [0.2, 0.25) is 0 Å². The van der Waals surface area contributed by atoms with Gasteiger partial charge in [-0.25, -0.2) is 0 Å². The van der Waals surface area contributed by atoms with Crippen molar-refractivity contribution in [3.63, 3.8) is 0 Å². The summed E-state index contributed by atoms with van der Waals surface area (Å²) in [6.07, 6.45) is 5.74. The maximum atomic E-state index is 11.9. The third kappa shape index (κ3) is 5.63. The lowest BCUT2D eigenvalue weighted by atomic mass is 10.1. The van der Waals surface area contributed by atoms with E-state index in [9.17, 15) is 14.7 Å². The zero-order valence-electron chi connectivity index (χ0n) is 14.6. The van der Waals surface area contributed by atoms with E-state index in [2.05, 4.69) is 0 Å². The number of rotatable bonds is 8. The molecule has 1 N–H and O–H groups in total. The number of benzene rings is 2. The van der Waals surface area contributed by atoms with Gasteiger partial charge in [0.15, 0.2) is 23.1 Å². The number of carbonyl (C=O) groups is 2. The summed E-state index contributed by atoms with van der Waals surface area (Å²) in [5, 5.41) is 9.54. The van der Waals surface area contributed by atoms with Crippen molar-refractivity contribution in [2.45, 2.75) is 6.42 Å². The molecule has 2 rings (SSSR count). The Hall–Kier alpha value is -3.34. The lowest BCUT2D eigenvalue weighted by Gasteiger charge is -2.03. The summed E-state index contributed by atoms with van der Waals surface area (Å²) in [5.74, 6) is 0.493. The summed E-state index contributed by atoms with van der Waals surface area (Å²) in [5.41, 5.74) is 1.53. The highest BCUT2D eigenvalue weighted by molar-refractivity contribution is 6.10. The first-order valence-corrected chi connectivity index (χ1v) is 7.94. The Morgan fingerprint density at radius 3 is 2.04 bits per heavy atom. The van der Waals surface area contributed by atoms with Crippen molar-refractivity contribution >= 4 is 23.7 Å². The zero-order chi connectivity index (χ0) is 18.9. The largest absolute Gasteiger partial charge is 0.504 e. The Labute approximate surface area is 152 Å². The molecule has 5 heteroatoms. The van der Waals surface area contributed by atoms with Gasteiger partial charge in [0.1, 0.15) is 5.75 Å². The lowest BCUT2D eigenvalue weighted by Crippen LogP contribution is -2.01. The predicted molar refractivity (Wildman–Crippen MR) is 100 cm³/mol. The number of ether oxygens (including phenoxy) is 2. The Kier molecular flexibility index (Phi) is 6.74. The molecule has 2 aromatic carbocycles. The summed E-state index contributed by atoms with van der Waals surface area (Å²) in [4.78, 5) is 23.8. The molecule has 0 aliphatic heterocycles. The molecule has 0 radical (unpaired) electrons. The second kappa shape index (κ2) is 9.22. The Morgan fingerprint density at radius 2 is 1.46 bits per heavy atom. The SMILES string of the molecule is COc1ccc(/C=C/C(=O)CC(=O)/C=C/c2ccc(O)c(OC)c2)cc1. The van der Waals surface area contributed by atoms with Crippen LogP contribution in [0, 0.1) is 0 Å². The maximum Gasteiger partial charge on any atom is 0.163 e. The summed E-state index contributed by atoms with van der Waals surface area (Å²) in [6, 6.07) is 12.0. The van der Waals surface area contributed by atoms with Crippen LogP contribution in [0.3, 0.4) is 0 Å². The van der Waals surface area contributed by atoms with Crippen molar-refractivity contribution in [3.05, 3.63) is 65.7 Å². The van der Waals surface area contributed by atoms with Gasteiger partial charge in [0.25, 0.3) is 0 Å². The molecule has 0 aliphatic rings. The van der Waals surface area contributed by atoms with Gasteiger partial charge in [0, 0.05) is 0 Å². The Balaban J connectivity index is 1.91. The maximum absolute atomic E-state index is 11.9. The Bertz CT molecular complexity index is 832. The van der Waals surface area contributed by atoms with E-state index < -0.39 is 0 Å². The van der Waals surface area contributed by atoms with Crippen molar-refractivity contribution in [2.75, 3.05) is 14.2 Å². The number of allylic oxidation sites excluding steroid dienone is 2. The van der Waals surface area contributed by atoms with Crippen LogP contribution in [0.15, 0.2) is 54.6 Å². The van der Waals surface area contributed by atoms with Gasteiger partial charge in [-0.2, -0.15) is 0 Å². The second-order valence-electron chi connectivity index (χ2n) is 5.48. The average molecular weight is 352 g/mol. The molecule has 2 aromatic rings. The topological polar surface area (TPSA) is 72.8 Å². The van der Waals surface area contributed by atoms with Crippen LogP contribution in [0.1, 0.15) is 17.5 Å². The van der Waals surface area contributed by atoms with Crippen molar-refractivity contribution < 1.29 is 24.2 Å². The number of methoxy groups -OCH3 is 2. The second-order valence-corrected chi connectivity index (χ2v) is 5.48. The number of hydrogen-bond acceptors (Lipinski definition) is 5. The molecule has 0 heterocycles. The van der Waals surface area contributed by atoms with Gasteiger partial charge < -0.3 is 14.6 Å². The molecule has 0 fully saturated rings. The number of phenols is 1. The van der Waals surface area contributed by atoms with Crippen molar-refractivity contribution in [1.82, 2.24) is 0 Å². The molecule has 0 aromatic heterocycles. The third-order valence-corrected chi connectivity index (χ3v) is 3.59. The molecule has 0 atom stereocenters. The van der Waals surface area contributed by atoms with Gasteiger partial charge in [0.05, 0.1) is 20.6 Å². The van der Waals surface area contributed by atoms with Gasteiger partial charge in [-0.15, -0.1) is 0 Å². The van der Waals surface area contributed by atoms with Crippen LogP contribution >= 0.6 is 0 Å². The van der Waals surface area contributed by atoms with Gasteiger partial charge in [-0.3, -0.25) is 9.59 Å². The number of carbonyl (C=O) groups excluding carboxylic acids is 2.